The SMILES string of the molecule is c1ccc(-c2ccc(-c3nc(-c4cc5ccccc5c5ccccc45)nc(-c4ccc(-n5c6ccccc6c6cc7ccccc7cc65)c5c4sc4ccccc45)n3)cc2)cc1. The van der Waals surface area contributed by atoms with E-state index in [4.69, 9.17) is 15.0 Å². The molecule has 0 unspecified atom stereocenters. The Labute approximate surface area is 360 Å². The molecule has 0 aliphatic heterocycles. The van der Waals surface area contributed by atoms with Gasteiger partial charge in [0, 0.05) is 47.6 Å². The monoisotopic (exact) mass is 806 g/mol. The van der Waals surface area contributed by atoms with Crippen molar-refractivity contribution in [2.75, 3.05) is 0 Å². The van der Waals surface area contributed by atoms with E-state index < -0.39 is 0 Å². The van der Waals surface area contributed by atoms with Gasteiger partial charge in [-0.05, 0) is 85.9 Å². The van der Waals surface area contributed by atoms with Gasteiger partial charge >= 0.3 is 0 Å². The lowest BCUT2D eigenvalue weighted by atomic mass is 9.96. The number of nitrogens with zero attached hydrogens (tertiary/aromatic N) is 4. The molecule has 0 atom stereocenters. The van der Waals surface area contributed by atoms with Crippen molar-refractivity contribution in [3.05, 3.63) is 206 Å². The summed E-state index contributed by atoms with van der Waals surface area (Å²) in [4.78, 5) is 16.1. The smallest absolute Gasteiger partial charge is 0.165 e. The van der Waals surface area contributed by atoms with Crippen LogP contribution < -0.4 is 0 Å². The van der Waals surface area contributed by atoms with Crippen molar-refractivity contribution >= 4 is 85.6 Å². The molecule has 5 heteroatoms. The average molecular weight is 807 g/mol. The Morgan fingerprint density at radius 3 is 1.73 bits per heavy atom. The molecule has 0 bridgehead atoms. The quantitative estimate of drug-likeness (QED) is 0.163. The van der Waals surface area contributed by atoms with Gasteiger partial charge in [0.1, 0.15) is 0 Å². The van der Waals surface area contributed by atoms with Crippen molar-refractivity contribution in [3.8, 4) is 51.0 Å². The maximum atomic E-state index is 5.45. The van der Waals surface area contributed by atoms with Gasteiger partial charge in [-0.2, -0.15) is 0 Å². The predicted octanol–water partition coefficient (Wildman–Crippen LogP) is 15.5. The topological polar surface area (TPSA) is 43.6 Å². The molecule has 0 aliphatic carbocycles. The average Bonchev–Trinajstić information content (AvgIpc) is 3.89. The lowest BCUT2D eigenvalue weighted by Crippen LogP contribution is -2.02. The summed E-state index contributed by atoms with van der Waals surface area (Å²) < 4.78 is 4.82. The second kappa shape index (κ2) is 13.8. The molecule has 0 saturated heterocycles. The van der Waals surface area contributed by atoms with E-state index in [0.29, 0.717) is 17.5 Å². The van der Waals surface area contributed by atoms with Crippen LogP contribution in [0.25, 0.3) is 125 Å². The van der Waals surface area contributed by atoms with E-state index >= 15 is 0 Å². The van der Waals surface area contributed by atoms with Gasteiger partial charge in [-0.25, -0.2) is 15.0 Å². The maximum Gasteiger partial charge on any atom is 0.165 e. The van der Waals surface area contributed by atoms with E-state index in [1.54, 1.807) is 11.3 Å². The van der Waals surface area contributed by atoms with Crippen molar-refractivity contribution in [2.24, 2.45) is 0 Å². The summed E-state index contributed by atoms with van der Waals surface area (Å²) in [5.41, 5.74) is 8.69. The van der Waals surface area contributed by atoms with Crippen LogP contribution in [-0.2, 0) is 0 Å². The lowest BCUT2D eigenvalue weighted by molar-refractivity contribution is 1.08. The molecule has 0 spiro atoms. The summed E-state index contributed by atoms with van der Waals surface area (Å²) in [7, 11) is 0. The first kappa shape index (κ1) is 34.8. The molecule has 288 valence electrons. The van der Waals surface area contributed by atoms with Gasteiger partial charge < -0.3 is 4.57 Å². The Balaban J connectivity index is 1.09. The summed E-state index contributed by atoms with van der Waals surface area (Å²) in [6.45, 7) is 0. The van der Waals surface area contributed by atoms with E-state index in [2.05, 4.69) is 205 Å². The maximum absolute atomic E-state index is 5.45. The molecule has 0 N–H and O–H groups in total. The molecule has 0 aliphatic rings. The van der Waals surface area contributed by atoms with Crippen LogP contribution in [0.15, 0.2) is 206 Å². The second-order valence-corrected chi connectivity index (χ2v) is 17.0. The van der Waals surface area contributed by atoms with Crippen molar-refractivity contribution in [3.63, 3.8) is 0 Å². The van der Waals surface area contributed by atoms with Gasteiger partial charge in [0.05, 0.1) is 16.7 Å². The Morgan fingerprint density at radius 2 is 0.919 bits per heavy atom. The molecule has 13 rings (SSSR count). The van der Waals surface area contributed by atoms with Crippen LogP contribution in [0.3, 0.4) is 0 Å². The minimum Gasteiger partial charge on any atom is -0.309 e. The zero-order valence-corrected chi connectivity index (χ0v) is 34.1. The van der Waals surface area contributed by atoms with Crippen LogP contribution in [0.4, 0.5) is 0 Å². The third-order valence-corrected chi connectivity index (χ3v) is 13.6. The van der Waals surface area contributed by atoms with E-state index in [-0.39, 0.29) is 0 Å². The molecule has 3 heterocycles. The normalized spacial score (nSPS) is 11.9. The van der Waals surface area contributed by atoms with Crippen LogP contribution in [0.2, 0.25) is 0 Å². The van der Waals surface area contributed by atoms with E-state index in [0.717, 1.165) is 43.4 Å². The molecular weight excluding hydrogens is 773 g/mol. The highest BCUT2D eigenvalue weighted by Gasteiger charge is 2.23. The minimum absolute atomic E-state index is 0.634. The highest BCUT2D eigenvalue weighted by atomic mass is 32.1. The molecule has 0 fully saturated rings. The largest absolute Gasteiger partial charge is 0.309 e. The van der Waals surface area contributed by atoms with Crippen LogP contribution in [-0.4, -0.2) is 19.5 Å². The van der Waals surface area contributed by atoms with Gasteiger partial charge in [0.2, 0.25) is 0 Å². The fourth-order valence-corrected chi connectivity index (χ4v) is 10.7. The van der Waals surface area contributed by atoms with Crippen molar-refractivity contribution in [1.29, 1.82) is 0 Å². The molecule has 13 aromatic rings. The number of aromatic nitrogens is 4. The van der Waals surface area contributed by atoms with Crippen LogP contribution in [0.1, 0.15) is 0 Å². The summed E-state index contributed by atoms with van der Waals surface area (Å²) >= 11 is 1.80. The first-order valence-corrected chi connectivity index (χ1v) is 21.7. The number of fused-ring (bicyclic) bond motifs is 10. The molecule has 0 radical (unpaired) electrons. The van der Waals surface area contributed by atoms with Crippen LogP contribution in [0, 0.1) is 0 Å². The van der Waals surface area contributed by atoms with Crippen molar-refractivity contribution in [2.45, 2.75) is 0 Å². The predicted molar refractivity (Wildman–Crippen MR) is 261 cm³/mol. The molecule has 0 saturated carbocycles. The fraction of sp³-hybridized carbons (Fsp3) is 0. The number of hydrogen-bond donors (Lipinski definition) is 0. The fourth-order valence-electron chi connectivity index (χ4n) is 9.52. The van der Waals surface area contributed by atoms with Crippen molar-refractivity contribution < 1.29 is 0 Å². The van der Waals surface area contributed by atoms with Crippen molar-refractivity contribution in [1.82, 2.24) is 19.5 Å². The summed E-state index contributed by atoms with van der Waals surface area (Å²) in [5.74, 6) is 1.92. The van der Waals surface area contributed by atoms with E-state index in [9.17, 15) is 0 Å². The lowest BCUT2D eigenvalue weighted by Gasteiger charge is -2.15. The first-order valence-electron chi connectivity index (χ1n) is 20.9. The third-order valence-electron chi connectivity index (χ3n) is 12.4. The van der Waals surface area contributed by atoms with Gasteiger partial charge in [-0.1, -0.05) is 164 Å². The number of thiophene rings is 1. The molecule has 0 amide bonds. The second-order valence-electron chi connectivity index (χ2n) is 15.9. The molecule has 10 aromatic carbocycles. The Kier molecular flexibility index (Phi) is 7.74. The first-order chi connectivity index (χ1) is 30.7. The standard InChI is InChI=1S/C57H34N4S/c1-2-14-35(15-3-1)36-26-28-37(29-27-36)55-58-56(60-57(59-55)48-33-40-18-6-7-19-41(40)42-20-8-9-21-43(42)48)46-30-31-50(53-45-23-11-13-25-52(45)62-54(46)53)61-49-24-12-10-22-44(49)47-32-38-16-4-5-17-39(38)34-51(47)61/h1-34H. The summed E-state index contributed by atoms with van der Waals surface area (Å²) in [5, 5.41) is 12.0. The Hall–Kier alpha value is -7.99. The molecular formula is C57H34N4S. The van der Waals surface area contributed by atoms with E-state index in [1.807, 2.05) is 6.07 Å². The zero-order valence-electron chi connectivity index (χ0n) is 33.3. The Morgan fingerprint density at radius 1 is 0.339 bits per heavy atom. The van der Waals surface area contributed by atoms with Gasteiger partial charge in [0.25, 0.3) is 0 Å². The van der Waals surface area contributed by atoms with Gasteiger partial charge in [-0.3, -0.25) is 0 Å². The highest BCUT2D eigenvalue weighted by molar-refractivity contribution is 7.26. The van der Waals surface area contributed by atoms with E-state index in [1.165, 1.54) is 64.4 Å². The summed E-state index contributed by atoms with van der Waals surface area (Å²) in [6, 6.07) is 73.9. The number of para-hydroxylation sites is 1. The number of benzene rings is 10. The third kappa shape index (κ3) is 5.42. The van der Waals surface area contributed by atoms with Crippen LogP contribution in [0.5, 0.6) is 0 Å². The number of hydrogen-bond acceptors (Lipinski definition) is 4. The zero-order chi connectivity index (χ0) is 40.7. The molecule has 62 heavy (non-hydrogen) atoms. The van der Waals surface area contributed by atoms with Crippen LogP contribution >= 0.6 is 11.3 Å². The summed E-state index contributed by atoms with van der Waals surface area (Å²) in [6.07, 6.45) is 0. The van der Waals surface area contributed by atoms with Gasteiger partial charge in [-0.15, -0.1) is 11.3 Å². The van der Waals surface area contributed by atoms with Gasteiger partial charge in [0.15, 0.2) is 17.5 Å². The number of rotatable bonds is 5. The highest BCUT2D eigenvalue weighted by Crippen LogP contribution is 2.46. The molecule has 4 nitrogen and oxygen atoms in total. The molecule has 3 aromatic heterocycles. The minimum atomic E-state index is 0.634. The Bertz CT molecular complexity index is 3920.